The standard InChI is InChI=1S/C33H62N10O2S/c34-32-21-35-14-17-38-24-33(25-39-18-15-36-22-32,26-40-19-16-37-23-32)43-30(46)41-12-8-4-1-5-9-13-42-31(44)45-20-29-27-10-6-2-3-7-11-28(27)29/h27-29,35-40H,1,4-26,34H2,(H,42,44)(H2,41,43,46)/t27-,28+,29?,32?,33?. The molecule has 262 valence electrons. The molecule has 11 N–H and O–H groups in total. The fourth-order valence-electron chi connectivity index (χ4n) is 7.00. The lowest BCUT2D eigenvalue weighted by Crippen LogP contribution is -2.68. The molecule has 1 saturated carbocycles. The van der Waals surface area contributed by atoms with Crippen molar-refractivity contribution < 1.29 is 9.53 Å². The number of hydrogen-bond acceptors (Lipinski definition) is 10. The van der Waals surface area contributed by atoms with E-state index in [9.17, 15) is 4.79 Å². The number of alkyl carbamates (subject to hydrolysis) is 1. The molecular formula is C33H62N10O2S. The van der Waals surface area contributed by atoms with Crippen LogP contribution in [0.3, 0.4) is 0 Å². The van der Waals surface area contributed by atoms with Gasteiger partial charge in [-0.1, -0.05) is 19.3 Å². The average molecular weight is 663 g/mol. The molecule has 3 heterocycles. The van der Waals surface area contributed by atoms with Crippen molar-refractivity contribution in [2.75, 3.05) is 98.2 Å². The lowest BCUT2D eigenvalue weighted by Gasteiger charge is -2.38. The molecule has 4 fully saturated rings. The SMILES string of the molecule is NC12CNCCNCC(NC(=S)NCCCCCCCNC(=O)OCC3[C@H]4CCC#CCC[C@@H]34)(CNCCNC1)CNCCNC2. The van der Waals surface area contributed by atoms with Gasteiger partial charge in [-0.05, 0) is 55.7 Å². The first-order valence-electron chi connectivity index (χ1n) is 17.9. The third-order valence-corrected chi connectivity index (χ3v) is 10.0. The number of nitrogens with one attached hydrogen (secondary N) is 9. The van der Waals surface area contributed by atoms with Crippen LogP contribution in [-0.4, -0.2) is 121 Å². The number of ether oxygens (including phenoxy) is 1. The zero-order valence-corrected chi connectivity index (χ0v) is 28.8. The lowest BCUT2D eigenvalue weighted by atomic mass is 9.98. The Balaban J connectivity index is 1.07. The first-order valence-corrected chi connectivity index (χ1v) is 18.4. The van der Waals surface area contributed by atoms with Gasteiger partial charge in [-0.15, -0.1) is 11.8 Å². The Morgan fingerprint density at radius 3 is 1.70 bits per heavy atom. The predicted molar refractivity (Wildman–Crippen MR) is 190 cm³/mol. The molecule has 0 aromatic rings. The zero-order chi connectivity index (χ0) is 32.3. The highest BCUT2D eigenvalue weighted by atomic mass is 32.1. The maximum Gasteiger partial charge on any atom is 0.407 e. The Kier molecular flexibility index (Phi) is 16.6. The molecule has 0 radical (unpaired) electrons. The molecular weight excluding hydrogens is 600 g/mol. The van der Waals surface area contributed by atoms with Crippen molar-refractivity contribution in [3.8, 4) is 11.8 Å². The van der Waals surface area contributed by atoms with Gasteiger partial charge >= 0.3 is 6.09 Å². The molecule has 2 aliphatic carbocycles. The quantitative estimate of drug-likeness (QED) is 0.0792. The van der Waals surface area contributed by atoms with Crippen LogP contribution in [-0.2, 0) is 4.74 Å². The van der Waals surface area contributed by atoms with E-state index in [0.29, 0.717) is 36.0 Å². The molecule has 1 amide bonds. The molecule has 5 aliphatic rings. The third-order valence-electron chi connectivity index (χ3n) is 9.79. The van der Waals surface area contributed by atoms with Crippen LogP contribution >= 0.6 is 12.2 Å². The summed E-state index contributed by atoms with van der Waals surface area (Å²) in [6.07, 6.45) is 9.40. The van der Waals surface area contributed by atoms with Crippen molar-refractivity contribution in [3.63, 3.8) is 0 Å². The molecule has 2 bridgehead atoms. The number of amides is 1. The summed E-state index contributed by atoms with van der Waals surface area (Å²) in [6.45, 7) is 11.8. The molecule has 3 saturated heterocycles. The first kappa shape index (κ1) is 37.1. The van der Waals surface area contributed by atoms with Crippen LogP contribution in [0.15, 0.2) is 0 Å². The van der Waals surface area contributed by atoms with E-state index < -0.39 is 0 Å². The first-order chi connectivity index (χ1) is 22.5. The molecule has 3 atom stereocenters. The molecule has 12 nitrogen and oxygen atoms in total. The van der Waals surface area contributed by atoms with E-state index in [1.807, 2.05) is 0 Å². The Morgan fingerprint density at radius 2 is 1.17 bits per heavy atom. The molecule has 46 heavy (non-hydrogen) atoms. The zero-order valence-electron chi connectivity index (χ0n) is 28.0. The largest absolute Gasteiger partial charge is 0.449 e. The van der Waals surface area contributed by atoms with E-state index in [1.54, 1.807) is 0 Å². The molecule has 0 spiro atoms. The highest BCUT2D eigenvalue weighted by Crippen LogP contribution is 2.52. The Bertz CT molecular complexity index is 914. The van der Waals surface area contributed by atoms with Crippen molar-refractivity contribution in [3.05, 3.63) is 0 Å². The van der Waals surface area contributed by atoms with E-state index in [4.69, 9.17) is 22.7 Å². The van der Waals surface area contributed by atoms with Gasteiger partial charge in [0.25, 0.3) is 0 Å². The summed E-state index contributed by atoms with van der Waals surface area (Å²) in [5, 5.41) is 32.3. The van der Waals surface area contributed by atoms with Crippen LogP contribution in [0.2, 0.25) is 0 Å². The Hall–Kier alpha value is -1.76. The smallest absolute Gasteiger partial charge is 0.407 e. The molecule has 0 aromatic heterocycles. The van der Waals surface area contributed by atoms with E-state index in [-0.39, 0.29) is 17.2 Å². The van der Waals surface area contributed by atoms with Gasteiger partial charge in [0.1, 0.15) is 0 Å². The monoisotopic (exact) mass is 662 g/mol. The van der Waals surface area contributed by atoms with Gasteiger partial charge in [0.2, 0.25) is 0 Å². The lowest BCUT2D eigenvalue weighted by molar-refractivity contribution is 0.137. The third kappa shape index (κ3) is 13.8. The molecule has 13 heteroatoms. The van der Waals surface area contributed by atoms with Crippen LogP contribution in [0.4, 0.5) is 4.79 Å². The minimum Gasteiger partial charge on any atom is -0.449 e. The van der Waals surface area contributed by atoms with Crippen LogP contribution in [0, 0.1) is 29.6 Å². The second kappa shape index (κ2) is 20.6. The van der Waals surface area contributed by atoms with Crippen molar-refractivity contribution in [1.82, 2.24) is 47.9 Å². The van der Waals surface area contributed by atoms with E-state index in [0.717, 1.165) is 143 Å². The fraction of sp³-hybridized carbons (Fsp3) is 0.879. The van der Waals surface area contributed by atoms with Crippen LogP contribution in [0.1, 0.15) is 57.8 Å². The summed E-state index contributed by atoms with van der Waals surface area (Å²) < 4.78 is 5.52. The Labute approximate surface area is 282 Å². The highest BCUT2D eigenvalue weighted by molar-refractivity contribution is 7.80. The second-order valence-corrected chi connectivity index (χ2v) is 14.2. The summed E-state index contributed by atoms with van der Waals surface area (Å²) in [7, 11) is 0. The minimum atomic E-state index is -0.325. The summed E-state index contributed by atoms with van der Waals surface area (Å²) in [5.74, 6) is 8.42. The number of nitrogens with two attached hydrogens (primary N) is 1. The topological polar surface area (TPSA) is 161 Å². The predicted octanol–water partition coefficient (Wildman–Crippen LogP) is -0.432. The summed E-state index contributed by atoms with van der Waals surface area (Å²) >= 11 is 5.78. The van der Waals surface area contributed by atoms with Crippen molar-refractivity contribution in [2.45, 2.75) is 68.9 Å². The van der Waals surface area contributed by atoms with Crippen molar-refractivity contribution >= 4 is 23.4 Å². The summed E-state index contributed by atoms with van der Waals surface area (Å²) in [4.78, 5) is 12.1. The van der Waals surface area contributed by atoms with E-state index >= 15 is 0 Å². The maximum atomic E-state index is 12.1. The van der Waals surface area contributed by atoms with Gasteiger partial charge in [0.05, 0.1) is 17.7 Å². The molecule has 5 rings (SSSR count). The average Bonchev–Trinajstić information content (AvgIpc) is 3.68. The van der Waals surface area contributed by atoms with Gasteiger partial charge in [-0.2, -0.15) is 0 Å². The maximum absolute atomic E-state index is 12.1. The highest BCUT2D eigenvalue weighted by Gasteiger charge is 2.49. The van der Waals surface area contributed by atoms with E-state index in [1.165, 1.54) is 0 Å². The minimum absolute atomic E-state index is 0.269. The van der Waals surface area contributed by atoms with Gasteiger partial charge in [0, 0.05) is 104 Å². The summed E-state index contributed by atoms with van der Waals surface area (Å²) in [6, 6.07) is 0. The van der Waals surface area contributed by atoms with Crippen molar-refractivity contribution in [2.24, 2.45) is 23.5 Å². The van der Waals surface area contributed by atoms with E-state index in [2.05, 4.69) is 59.7 Å². The van der Waals surface area contributed by atoms with Gasteiger partial charge in [-0.3, -0.25) is 0 Å². The number of rotatable bonds is 11. The van der Waals surface area contributed by atoms with Crippen molar-refractivity contribution in [1.29, 1.82) is 0 Å². The van der Waals surface area contributed by atoms with Crippen LogP contribution in [0.5, 0.6) is 0 Å². The van der Waals surface area contributed by atoms with Crippen LogP contribution in [0.25, 0.3) is 0 Å². The second-order valence-electron chi connectivity index (χ2n) is 13.8. The number of carbonyl (C=O) groups excluding carboxylic acids is 1. The molecule has 1 unspecified atom stereocenters. The summed E-state index contributed by atoms with van der Waals surface area (Å²) in [5.41, 5.74) is 6.12. The fourth-order valence-corrected chi connectivity index (χ4v) is 7.31. The van der Waals surface area contributed by atoms with Gasteiger partial charge in [0.15, 0.2) is 5.11 Å². The van der Waals surface area contributed by atoms with Gasteiger partial charge < -0.3 is 58.3 Å². The van der Waals surface area contributed by atoms with Gasteiger partial charge in [-0.25, -0.2) is 4.79 Å². The Morgan fingerprint density at radius 1 is 0.717 bits per heavy atom. The normalized spacial score (nSPS) is 30.9. The molecule has 0 aromatic carbocycles. The number of unbranched alkanes of at least 4 members (excludes halogenated alkanes) is 4. The number of carbonyl (C=O) groups is 1. The number of thiocarbonyl (C=S) groups is 1. The van der Waals surface area contributed by atoms with Crippen LogP contribution < -0.4 is 53.6 Å². The molecule has 3 aliphatic heterocycles. The number of hydrogen-bond donors (Lipinski definition) is 10. The number of fused-ring (bicyclic) bond motifs is 16.